The smallest absolute Gasteiger partial charge is 0.237 e. The highest BCUT2D eigenvalue weighted by atomic mass is 35.5. The van der Waals surface area contributed by atoms with Crippen LogP contribution in [0.25, 0.3) is 11.0 Å². The minimum atomic E-state index is -0.312. The molecule has 1 aliphatic rings. The lowest BCUT2D eigenvalue weighted by molar-refractivity contribution is -0.122. The first kappa shape index (κ1) is 19.7. The van der Waals surface area contributed by atoms with E-state index in [4.69, 9.17) is 0 Å². The molecule has 0 radical (unpaired) electrons. The highest BCUT2D eigenvalue weighted by Gasteiger charge is 2.21. The second kappa shape index (κ2) is 8.47. The summed E-state index contributed by atoms with van der Waals surface area (Å²) in [6.07, 6.45) is 2.52. The van der Waals surface area contributed by atoms with Crippen LogP contribution in [0.3, 0.4) is 0 Å². The van der Waals surface area contributed by atoms with Gasteiger partial charge in [0, 0.05) is 20.0 Å². The number of nitrogens with one attached hydrogen (secondary N) is 2. The number of nitrogens with zero attached hydrogens (tertiary/aromatic N) is 2. The van der Waals surface area contributed by atoms with Crippen molar-refractivity contribution in [3.8, 4) is 0 Å². The van der Waals surface area contributed by atoms with Gasteiger partial charge in [0.1, 0.15) is 11.3 Å². The number of para-hydroxylation sites is 1. The van der Waals surface area contributed by atoms with Crippen LogP contribution in [0.4, 0.5) is 4.39 Å². The van der Waals surface area contributed by atoms with Crippen LogP contribution >= 0.6 is 24.8 Å². The van der Waals surface area contributed by atoms with Crippen LogP contribution in [-0.2, 0) is 18.3 Å². The molecule has 0 aliphatic carbocycles. The highest BCUT2D eigenvalue weighted by Crippen LogP contribution is 2.18. The normalized spacial score (nSPS) is 16.7. The molecule has 1 atom stereocenters. The number of carbonyl (C=O) groups is 1. The number of halogens is 3. The third-order valence-corrected chi connectivity index (χ3v) is 3.98. The molecule has 2 aromatic rings. The van der Waals surface area contributed by atoms with Crippen molar-refractivity contribution in [2.24, 2.45) is 7.05 Å². The highest BCUT2D eigenvalue weighted by molar-refractivity contribution is 5.85. The second-order valence-electron chi connectivity index (χ2n) is 5.38. The van der Waals surface area contributed by atoms with E-state index in [-0.39, 0.29) is 42.6 Å². The Morgan fingerprint density at radius 1 is 1.48 bits per heavy atom. The fourth-order valence-corrected chi connectivity index (χ4v) is 2.78. The number of imidazole rings is 1. The van der Waals surface area contributed by atoms with E-state index in [1.807, 2.05) is 17.7 Å². The number of aryl methyl sites for hydroxylation is 1. The topological polar surface area (TPSA) is 59.0 Å². The van der Waals surface area contributed by atoms with E-state index in [1.165, 1.54) is 6.07 Å². The Kier molecular flexibility index (Phi) is 7.25. The molecule has 1 fully saturated rings. The van der Waals surface area contributed by atoms with E-state index in [0.717, 1.165) is 30.7 Å². The summed E-state index contributed by atoms with van der Waals surface area (Å²) < 4.78 is 15.6. The van der Waals surface area contributed by atoms with Gasteiger partial charge in [0.05, 0.1) is 11.6 Å². The molecule has 2 heterocycles. The molecule has 2 N–H and O–H groups in total. The van der Waals surface area contributed by atoms with Crippen molar-refractivity contribution >= 4 is 41.8 Å². The number of benzene rings is 1. The molecule has 3 rings (SSSR count). The lowest BCUT2D eigenvalue weighted by Gasteiger charge is -2.10. The molecule has 0 saturated carbocycles. The van der Waals surface area contributed by atoms with Crippen LogP contribution in [0, 0.1) is 5.82 Å². The van der Waals surface area contributed by atoms with Crippen LogP contribution in [0.5, 0.6) is 0 Å². The molecule has 1 aliphatic heterocycles. The van der Waals surface area contributed by atoms with Crippen LogP contribution in [-0.4, -0.2) is 34.6 Å². The van der Waals surface area contributed by atoms with Gasteiger partial charge in [0.15, 0.2) is 5.82 Å². The van der Waals surface area contributed by atoms with Crippen molar-refractivity contribution in [1.29, 1.82) is 0 Å². The summed E-state index contributed by atoms with van der Waals surface area (Å²) in [6.45, 7) is 1.41. The summed E-state index contributed by atoms with van der Waals surface area (Å²) in [7, 11) is 1.87. The molecule has 128 valence electrons. The van der Waals surface area contributed by atoms with Crippen molar-refractivity contribution in [1.82, 2.24) is 20.2 Å². The van der Waals surface area contributed by atoms with Crippen molar-refractivity contribution in [3.05, 3.63) is 29.8 Å². The molecule has 1 aromatic heterocycles. The van der Waals surface area contributed by atoms with E-state index in [1.54, 1.807) is 6.07 Å². The van der Waals surface area contributed by atoms with Gasteiger partial charge in [-0.1, -0.05) is 6.07 Å². The summed E-state index contributed by atoms with van der Waals surface area (Å²) in [5, 5.41) is 6.07. The number of hydrogen-bond donors (Lipinski definition) is 2. The molecule has 23 heavy (non-hydrogen) atoms. The fourth-order valence-electron chi connectivity index (χ4n) is 2.78. The maximum atomic E-state index is 13.7. The fraction of sp³-hybridized carbons (Fsp3) is 0.467. The zero-order valence-electron chi connectivity index (χ0n) is 12.8. The summed E-state index contributed by atoms with van der Waals surface area (Å²) in [4.78, 5) is 16.2. The summed E-state index contributed by atoms with van der Waals surface area (Å²) in [5.41, 5.74) is 1.16. The molecule has 8 heteroatoms. The molecule has 0 bridgehead atoms. The van der Waals surface area contributed by atoms with Crippen molar-refractivity contribution in [2.45, 2.75) is 25.3 Å². The monoisotopic (exact) mass is 362 g/mol. The van der Waals surface area contributed by atoms with Crippen LogP contribution < -0.4 is 10.6 Å². The molecule has 1 saturated heterocycles. The van der Waals surface area contributed by atoms with Gasteiger partial charge < -0.3 is 15.2 Å². The zero-order chi connectivity index (χ0) is 14.8. The zero-order valence-corrected chi connectivity index (χ0v) is 14.5. The first-order valence-electron chi connectivity index (χ1n) is 7.28. The van der Waals surface area contributed by atoms with E-state index in [9.17, 15) is 9.18 Å². The Balaban J connectivity index is 0.00000132. The number of amides is 1. The van der Waals surface area contributed by atoms with Gasteiger partial charge in [-0.3, -0.25) is 4.79 Å². The van der Waals surface area contributed by atoms with Crippen LogP contribution in [0.1, 0.15) is 18.7 Å². The van der Waals surface area contributed by atoms with E-state index in [0.29, 0.717) is 18.5 Å². The van der Waals surface area contributed by atoms with Crippen molar-refractivity contribution in [3.63, 3.8) is 0 Å². The molecule has 1 amide bonds. The Morgan fingerprint density at radius 3 is 2.91 bits per heavy atom. The van der Waals surface area contributed by atoms with E-state index >= 15 is 0 Å². The minimum Gasteiger partial charge on any atom is -0.354 e. The summed E-state index contributed by atoms with van der Waals surface area (Å²) in [6, 6.07) is 4.86. The van der Waals surface area contributed by atoms with Gasteiger partial charge in [0.2, 0.25) is 5.91 Å². The van der Waals surface area contributed by atoms with Gasteiger partial charge in [-0.05, 0) is 31.5 Å². The minimum absolute atomic E-state index is 0. The predicted molar refractivity (Wildman–Crippen MR) is 92.9 cm³/mol. The van der Waals surface area contributed by atoms with Gasteiger partial charge in [0.25, 0.3) is 0 Å². The third kappa shape index (κ3) is 4.13. The molecule has 0 spiro atoms. The largest absolute Gasteiger partial charge is 0.354 e. The first-order chi connectivity index (χ1) is 10.2. The van der Waals surface area contributed by atoms with Crippen LogP contribution in [0.15, 0.2) is 18.2 Å². The number of fused-ring (bicyclic) bond motifs is 1. The molecular weight excluding hydrogens is 342 g/mol. The predicted octanol–water partition coefficient (Wildman–Crippen LogP) is 1.97. The molecule has 0 unspecified atom stereocenters. The number of carbonyl (C=O) groups excluding carboxylic acids is 1. The Morgan fingerprint density at radius 2 is 2.26 bits per heavy atom. The molecule has 1 aromatic carbocycles. The van der Waals surface area contributed by atoms with E-state index in [2.05, 4.69) is 15.6 Å². The number of hydrogen-bond acceptors (Lipinski definition) is 3. The SMILES string of the molecule is Cl.Cl.Cn1c(CCNC(=O)[C@@H]2CCCN2)nc2c(F)cccc21. The second-order valence-corrected chi connectivity index (χ2v) is 5.38. The first-order valence-corrected chi connectivity index (χ1v) is 7.28. The van der Waals surface area contributed by atoms with Gasteiger partial charge >= 0.3 is 0 Å². The van der Waals surface area contributed by atoms with Gasteiger partial charge in [-0.2, -0.15) is 0 Å². The Hall–Kier alpha value is -1.37. The number of aromatic nitrogens is 2. The Bertz CT molecular complexity index is 671. The molecule has 5 nitrogen and oxygen atoms in total. The van der Waals surface area contributed by atoms with Gasteiger partial charge in [-0.15, -0.1) is 24.8 Å². The third-order valence-electron chi connectivity index (χ3n) is 3.98. The number of rotatable bonds is 4. The maximum Gasteiger partial charge on any atom is 0.237 e. The lowest BCUT2D eigenvalue weighted by atomic mass is 10.2. The average molecular weight is 363 g/mol. The lowest BCUT2D eigenvalue weighted by Crippen LogP contribution is -2.41. The summed E-state index contributed by atoms with van der Waals surface area (Å²) >= 11 is 0. The standard InChI is InChI=1S/C15H19FN4O.2ClH/c1-20-12-6-2-4-10(16)14(12)19-13(20)7-9-18-15(21)11-5-3-8-17-11;;/h2,4,6,11,17H,3,5,7-9H2,1H3,(H,18,21);2*1H/t11-;;/m0../s1. The maximum absolute atomic E-state index is 13.7. The summed E-state index contributed by atoms with van der Waals surface area (Å²) in [5.74, 6) is 0.501. The van der Waals surface area contributed by atoms with Crippen molar-refractivity contribution < 1.29 is 9.18 Å². The quantitative estimate of drug-likeness (QED) is 0.873. The average Bonchev–Trinajstić information content (AvgIpc) is 3.10. The van der Waals surface area contributed by atoms with E-state index < -0.39 is 0 Å². The molecular formula is C15H21Cl2FN4O. The Labute approximate surface area is 146 Å². The van der Waals surface area contributed by atoms with Gasteiger partial charge in [-0.25, -0.2) is 9.37 Å². The van der Waals surface area contributed by atoms with Crippen molar-refractivity contribution in [2.75, 3.05) is 13.1 Å². The van der Waals surface area contributed by atoms with Crippen LogP contribution in [0.2, 0.25) is 0 Å².